The van der Waals surface area contributed by atoms with E-state index < -0.39 is 5.82 Å². The van der Waals surface area contributed by atoms with E-state index in [0.717, 1.165) is 0 Å². The molecule has 1 saturated heterocycles. The SMILES string of the molecule is O=C(Nc1ccc(Cl)cc1)[C@@H]1CCCN(C(=O)c2ccccc2F)C1. The fraction of sp³-hybridized carbons (Fsp3) is 0.263. The van der Waals surface area contributed by atoms with E-state index in [4.69, 9.17) is 11.6 Å². The van der Waals surface area contributed by atoms with Crippen molar-refractivity contribution in [3.63, 3.8) is 0 Å². The Hall–Kier alpha value is -2.40. The van der Waals surface area contributed by atoms with Gasteiger partial charge in [-0.15, -0.1) is 0 Å². The first kappa shape index (κ1) is 17.4. The molecular formula is C19H18ClFN2O2. The number of rotatable bonds is 3. The number of amides is 2. The summed E-state index contributed by atoms with van der Waals surface area (Å²) in [7, 11) is 0. The van der Waals surface area contributed by atoms with Crippen molar-refractivity contribution in [2.75, 3.05) is 18.4 Å². The summed E-state index contributed by atoms with van der Waals surface area (Å²) in [4.78, 5) is 26.5. The van der Waals surface area contributed by atoms with Gasteiger partial charge < -0.3 is 10.2 Å². The van der Waals surface area contributed by atoms with E-state index in [0.29, 0.717) is 30.1 Å². The summed E-state index contributed by atoms with van der Waals surface area (Å²) in [5.41, 5.74) is 0.702. The predicted octanol–water partition coefficient (Wildman–Crippen LogP) is 3.97. The molecule has 0 radical (unpaired) electrons. The molecule has 2 amide bonds. The summed E-state index contributed by atoms with van der Waals surface area (Å²) in [5.74, 6) is -1.38. The van der Waals surface area contributed by atoms with E-state index in [1.807, 2.05) is 0 Å². The molecule has 1 atom stereocenters. The zero-order valence-electron chi connectivity index (χ0n) is 13.5. The first-order valence-electron chi connectivity index (χ1n) is 8.15. The van der Waals surface area contributed by atoms with Crippen LogP contribution in [0.1, 0.15) is 23.2 Å². The summed E-state index contributed by atoms with van der Waals surface area (Å²) < 4.78 is 13.8. The third kappa shape index (κ3) is 4.17. The van der Waals surface area contributed by atoms with Crippen molar-refractivity contribution in [3.8, 4) is 0 Å². The van der Waals surface area contributed by atoms with E-state index in [1.165, 1.54) is 12.1 Å². The summed E-state index contributed by atoms with van der Waals surface area (Å²) in [5, 5.41) is 3.43. The molecule has 2 aromatic carbocycles. The highest BCUT2D eigenvalue weighted by atomic mass is 35.5. The lowest BCUT2D eigenvalue weighted by Gasteiger charge is -2.32. The predicted molar refractivity (Wildman–Crippen MR) is 95.1 cm³/mol. The van der Waals surface area contributed by atoms with Gasteiger partial charge in [0, 0.05) is 23.8 Å². The van der Waals surface area contributed by atoms with Gasteiger partial charge in [-0.1, -0.05) is 23.7 Å². The van der Waals surface area contributed by atoms with Gasteiger partial charge in [0.15, 0.2) is 0 Å². The minimum Gasteiger partial charge on any atom is -0.338 e. The molecule has 3 rings (SSSR count). The molecule has 1 N–H and O–H groups in total. The van der Waals surface area contributed by atoms with Crippen LogP contribution in [0.5, 0.6) is 0 Å². The van der Waals surface area contributed by atoms with Gasteiger partial charge in [-0.2, -0.15) is 0 Å². The minimum absolute atomic E-state index is 0.0428. The van der Waals surface area contributed by atoms with Gasteiger partial charge >= 0.3 is 0 Å². The van der Waals surface area contributed by atoms with Crippen LogP contribution >= 0.6 is 11.6 Å². The normalized spacial score (nSPS) is 17.2. The number of anilines is 1. The number of piperidine rings is 1. The quantitative estimate of drug-likeness (QED) is 0.900. The average Bonchev–Trinajstić information content (AvgIpc) is 2.63. The van der Waals surface area contributed by atoms with Crippen molar-refractivity contribution in [2.45, 2.75) is 12.8 Å². The fourth-order valence-electron chi connectivity index (χ4n) is 2.96. The summed E-state index contributed by atoms with van der Waals surface area (Å²) >= 11 is 5.83. The number of nitrogens with zero attached hydrogens (tertiary/aromatic N) is 1. The summed E-state index contributed by atoms with van der Waals surface area (Å²) in [6.45, 7) is 0.810. The third-order valence-electron chi connectivity index (χ3n) is 4.30. The van der Waals surface area contributed by atoms with Crippen LogP contribution in [0.15, 0.2) is 48.5 Å². The van der Waals surface area contributed by atoms with Crippen molar-refractivity contribution in [1.82, 2.24) is 4.90 Å². The van der Waals surface area contributed by atoms with Gasteiger partial charge in [-0.05, 0) is 49.2 Å². The van der Waals surface area contributed by atoms with Crippen molar-refractivity contribution >= 4 is 29.1 Å². The lowest BCUT2D eigenvalue weighted by atomic mass is 9.96. The molecule has 0 bridgehead atoms. The van der Waals surface area contributed by atoms with Gasteiger partial charge in [0.2, 0.25) is 5.91 Å². The number of benzene rings is 2. The maximum absolute atomic E-state index is 13.8. The Morgan fingerprint density at radius 3 is 2.56 bits per heavy atom. The number of carbonyl (C=O) groups excluding carboxylic acids is 2. The molecule has 1 fully saturated rings. The molecule has 0 aliphatic carbocycles. The maximum atomic E-state index is 13.8. The highest BCUT2D eigenvalue weighted by Crippen LogP contribution is 2.22. The average molecular weight is 361 g/mol. The van der Waals surface area contributed by atoms with Crippen molar-refractivity contribution in [2.24, 2.45) is 5.92 Å². The van der Waals surface area contributed by atoms with E-state index >= 15 is 0 Å². The second-order valence-electron chi connectivity index (χ2n) is 6.07. The number of carbonyl (C=O) groups is 2. The van der Waals surface area contributed by atoms with E-state index in [9.17, 15) is 14.0 Å². The monoisotopic (exact) mass is 360 g/mol. The van der Waals surface area contributed by atoms with Crippen LogP contribution in [0.3, 0.4) is 0 Å². The number of hydrogen-bond acceptors (Lipinski definition) is 2. The Morgan fingerprint density at radius 2 is 1.84 bits per heavy atom. The number of hydrogen-bond donors (Lipinski definition) is 1. The number of halogens is 2. The molecule has 0 unspecified atom stereocenters. The standard InChI is InChI=1S/C19H18ClFN2O2/c20-14-7-9-15(10-8-14)22-18(24)13-4-3-11-23(12-13)19(25)16-5-1-2-6-17(16)21/h1-2,5-10,13H,3-4,11-12H2,(H,22,24)/t13-/m1/s1. The van der Waals surface area contributed by atoms with Gasteiger partial charge in [0.25, 0.3) is 5.91 Å². The Morgan fingerprint density at radius 1 is 1.12 bits per heavy atom. The summed E-state index contributed by atoms with van der Waals surface area (Å²) in [6.07, 6.45) is 1.40. The van der Waals surface area contributed by atoms with Crippen molar-refractivity contribution < 1.29 is 14.0 Å². The summed E-state index contributed by atoms with van der Waals surface area (Å²) in [6, 6.07) is 12.8. The van der Waals surface area contributed by atoms with Crippen LogP contribution < -0.4 is 5.32 Å². The van der Waals surface area contributed by atoms with E-state index in [1.54, 1.807) is 41.3 Å². The Balaban J connectivity index is 1.66. The molecule has 0 spiro atoms. The molecule has 0 aromatic heterocycles. The number of nitrogens with one attached hydrogen (secondary N) is 1. The second kappa shape index (κ2) is 7.66. The second-order valence-corrected chi connectivity index (χ2v) is 6.50. The minimum atomic E-state index is -0.541. The van der Waals surface area contributed by atoms with Crippen LogP contribution in [-0.4, -0.2) is 29.8 Å². The highest BCUT2D eigenvalue weighted by molar-refractivity contribution is 6.30. The molecule has 1 aliphatic rings. The molecule has 25 heavy (non-hydrogen) atoms. The molecule has 1 heterocycles. The fourth-order valence-corrected chi connectivity index (χ4v) is 3.08. The molecule has 6 heteroatoms. The topological polar surface area (TPSA) is 49.4 Å². The van der Waals surface area contributed by atoms with Gasteiger partial charge in [0.1, 0.15) is 5.82 Å². The van der Waals surface area contributed by atoms with Crippen LogP contribution in [0.4, 0.5) is 10.1 Å². The smallest absolute Gasteiger partial charge is 0.256 e. The molecule has 130 valence electrons. The van der Waals surface area contributed by atoms with Gasteiger partial charge in [-0.3, -0.25) is 9.59 Å². The van der Waals surface area contributed by atoms with Crippen LogP contribution in [-0.2, 0) is 4.79 Å². The van der Waals surface area contributed by atoms with Crippen molar-refractivity contribution in [1.29, 1.82) is 0 Å². The molecule has 0 saturated carbocycles. The first-order valence-corrected chi connectivity index (χ1v) is 8.52. The Labute approximate surface area is 150 Å². The molecule has 4 nitrogen and oxygen atoms in total. The zero-order chi connectivity index (χ0) is 17.8. The van der Waals surface area contributed by atoms with Gasteiger partial charge in [0.05, 0.1) is 11.5 Å². The van der Waals surface area contributed by atoms with Crippen LogP contribution in [0, 0.1) is 11.7 Å². The first-order chi connectivity index (χ1) is 12.0. The Kier molecular flexibility index (Phi) is 5.34. The van der Waals surface area contributed by atoms with E-state index in [-0.39, 0.29) is 29.8 Å². The lowest BCUT2D eigenvalue weighted by molar-refractivity contribution is -0.121. The Bertz CT molecular complexity index is 779. The zero-order valence-corrected chi connectivity index (χ0v) is 14.3. The molecule has 1 aliphatic heterocycles. The third-order valence-corrected chi connectivity index (χ3v) is 4.55. The lowest BCUT2D eigenvalue weighted by Crippen LogP contribution is -2.44. The number of likely N-dealkylation sites (tertiary alicyclic amines) is 1. The molecule has 2 aromatic rings. The molecular weight excluding hydrogens is 343 g/mol. The van der Waals surface area contributed by atoms with Crippen LogP contribution in [0.2, 0.25) is 5.02 Å². The van der Waals surface area contributed by atoms with Crippen LogP contribution in [0.25, 0.3) is 0 Å². The largest absolute Gasteiger partial charge is 0.338 e. The van der Waals surface area contributed by atoms with E-state index in [2.05, 4.69) is 5.32 Å². The maximum Gasteiger partial charge on any atom is 0.256 e. The highest BCUT2D eigenvalue weighted by Gasteiger charge is 2.29. The van der Waals surface area contributed by atoms with Crippen molar-refractivity contribution in [3.05, 3.63) is 64.9 Å². The van der Waals surface area contributed by atoms with Gasteiger partial charge in [-0.25, -0.2) is 4.39 Å².